The van der Waals surface area contributed by atoms with E-state index in [1.807, 2.05) is 12.1 Å². The highest BCUT2D eigenvalue weighted by molar-refractivity contribution is 6.29. The van der Waals surface area contributed by atoms with Gasteiger partial charge >= 0.3 is 0 Å². The van der Waals surface area contributed by atoms with Crippen molar-refractivity contribution in [2.24, 2.45) is 0 Å². The summed E-state index contributed by atoms with van der Waals surface area (Å²) >= 11 is 5.85. The molecule has 0 aromatic carbocycles. The molecule has 0 radical (unpaired) electrons. The minimum atomic E-state index is 0.289. The maximum Gasteiger partial charge on any atom is 0.214 e. The van der Waals surface area contributed by atoms with E-state index in [2.05, 4.69) is 10.3 Å². The molecule has 3 heterocycles. The van der Waals surface area contributed by atoms with Crippen molar-refractivity contribution in [3.63, 3.8) is 0 Å². The van der Waals surface area contributed by atoms with Crippen LogP contribution in [0.15, 0.2) is 18.2 Å². The molecule has 1 N–H and O–H groups in total. The Kier molecular flexibility index (Phi) is 3.21. The van der Waals surface area contributed by atoms with Crippen LogP contribution in [0.2, 0.25) is 5.15 Å². The molecule has 17 heavy (non-hydrogen) atoms. The Balaban J connectivity index is 1.65. The van der Waals surface area contributed by atoms with Gasteiger partial charge in [-0.25, -0.2) is 4.98 Å². The molecule has 3 rings (SSSR count). The maximum atomic E-state index is 5.94. The molecule has 0 aliphatic carbocycles. The number of hydrogen-bond donors (Lipinski definition) is 1. The SMILES string of the molecule is Clc1cccc(O[C@@H]2C[C@H]3CCC[C@@H](C2)N3)n1. The van der Waals surface area contributed by atoms with Gasteiger partial charge in [-0.3, -0.25) is 0 Å². The van der Waals surface area contributed by atoms with Crippen LogP contribution < -0.4 is 10.1 Å². The van der Waals surface area contributed by atoms with E-state index < -0.39 is 0 Å². The third-order valence-electron chi connectivity index (χ3n) is 3.65. The molecule has 2 aliphatic heterocycles. The van der Waals surface area contributed by atoms with Crippen LogP contribution in [0.5, 0.6) is 5.88 Å². The van der Waals surface area contributed by atoms with Crippen molar-refractivity contribution >= 4 is 11.6 Å². The Morgan fingerprint density at radius 2 is 2.00 bits per heavy atom. The monoisotopic (exact) mass is 252 g/mol. The van der Waals surface area contributed by atoms with Crippen LogP contribution in [0.3, 0.4) is 0 Å². The van der Waals surface area contributed by atoms with Gasteiger partial charge < -0.3 is 10.1 Å². The van der Waals surface area contributed by atoms with E-state index in [-0.39, 0.29) is 6.10 Å². The second-order valence-electron chi connectivity index (χ2n) is 5.00. The topological polar surface area (TPSA) is 34.1 Å². The van der Waals surface area contributed by atoms with Gasteiger partial charge in [-0.05, 0) is 31.7 Å². The summed E-state index contributed by atoms with van der Waals surface area (Å²) in [6, 6.07) is 6.79. The molecule has 4 heteroatoms. The predicted octanol–water partition coefficient (Wildman–Crippen LogP) is 2.79. The number of aromatic nitrogens is 1. The van der Waals surface area contributed by atoms with E-state index in [0.717, 1.165) is 12.8 Å². The van der Waals surface area contributed by atoms with Crippen LogP contribution in [-0.2, 0) is 0 Å². The van der Waals surface area contributed by atoms with Gasteiger partial charge in [0.05, 0.1) is 0 Å². The quantitative estimate of drug-likeness (QED) is 0.822. The lowest BCUT2D eigenvalue weighted by molar-refractivity contribution is 0.0890. The van der Waals surface area contributed by atoms with E-state index in [1.165, 1.54) is 19.3 Å². The number of hydrogen-bond acceptors (Lipinski definition) is 3. The van der Waals surface area contributed by atoms with Gasteiger partial charge in [-0.2, -0.15) is 0 Å². The van der Waals surface area contributed by atoms with E-state index >= 15 is 0 Å². The van der Waals surface area contributed by atoms with Crippen LogP contribution in [0.4, 0.5) is 0 Å². The number of fused-ring (bicyclic) bond motifs is 2. The summed E-state index contributed by atoms with van der Waals surface area (Å²) in [5, 5.41) is 4.15. The van der Waals surface area contributed by atoms with Gasteiger partial charge in [0.1, 0.15) is 11.3 Å². The van der Waals surface area contributed by atoms with Crippen LogP contribution in [0.25, 0.3) is 0 Å². The lowest BCUT2D eigenvalue weighted by atomic mass is 9.85. The fourth-order valence-electron chi connectivity index (χ4n) is 2.94. The number of nitrogens with zero attached hydrogens (tertiary/aromatic N) is 1. The average molecular weight is 253 g/mol. The smallest absolute Gasteiger partial charge is 0.214 e. The highest BCUT2D eigenvalue weighted by atomic mass is 35.5. The van der Waals surface area contributed by atoms with Crippen molar-refractivity contribution in [1.82, 2.24) is 10.3 Å². The molecule has 2 saturated heterocycles. The first-order chi connectivity index (χ1) is 8.29. The van der Waals surface area contributed by atoms with Crippen LogP contribution in [0.1, 0.15) is 32.1 Å². The highest BCUT2D eigenvalue weighted by Gasteiger charge is 2.32. The van der Waals surface area contributed by atoms with Crippen molar-refractivity contribution in [1.29, 1.82) is 0 Å². The third kappa shape index (κ3) is 2.72. The molecule has 3 nitrogen and oxygen atoms in total. The van der Waals surface area contributed by atoms with Crippen molar-refractivity contribution in [2.75, 3.05) is 0 Å². The number of ether oxygens (including phenoxy) is 1. The number of rotatable bonds is 2. The van der Waals surface area contributed by atoms with Gasteiger partial charge in [-0.15, -0.1) is 0 Å². The normalized spacial score (nSPS) is 32.2. The zero-order chi connectivity index (χ0) is 11.7. The summed E-state index contributed by atoms with van der Waals surface area (Å²) in [6.07, 6.45) is 6.37. The standard InChI is InChI=1S/C13H17ClN2O/c14-12-5-2-6-13(16-12)17-11-7-9-3-1-4-10(8-11)15-9/h2,5-6,9-11,15H,1,3-4,7-8H2/t9-,10+,11-. The number of halogens is 1. The Morgan fingerprint density at radius 3 is 2.71 bits per heavy atom. The van der Waals surface area contributed by atoms with Gasteiger partial charge in [0.15, 0.2) is 0 Å². The molecule has 1 aromatic rings. The van der Waals surface area contributed by atoms with Crippen molar-refractivity contribution in [3.8, 4) is 5.88 Å². The number of piperidine rings is 2. The Morgan fingerprint density at radius 1 is 1.24 bits per heavy atom. The molecule has 2 aliphatic rings. The van der Waals surface area contributed by atoms with Crippen molar-refractivity contribution < 1.29 is 4.74 Å². The Hall–Kier alpha value is -0.800. The van der Waals surface area contributed by atoms with Crippen LogP contribution in [-0.4, -0.2) is 23.2 Å². The van der Waals surface area contributed by atoms with Gasteiger partial charge in [-0.1, -0.05) is 24.1 Å². The second-order valence-corrected chi connectivity index (χ2v) is 5.39. The van der Waals surface area contributed by atoms with E-state index in [4.69, 9.17) is 16.3 Å². The summed E-state index contributed by atoms with van der Waals surface area (Å²) in [5.41, 5.74) is 0. The fraction of sp³-hybridized carbons (Fsp3) is 0.615. The minimum Gasteiger partial charge on any atom is -0.474 e. The lowest BCUT2D eigenvalue weighted by Gasteiger charge is -2.40. The molecule has 2 bridgehead atoms. The summed E-state index contributed by atoms with van der Waals surface area (Å²) in [7, 11) is 0. The highest BCUT2D eigenvalue weighted by Crippen LogP contribution is 2.28. The van der Waals surface area contributed by atoms with E-state index in [1.54, 1.807) is 6.07 Å². The molecule has 1 aromatic heterocycles. The first kappa shape index (κ1) is 11.3. The van der Waals surface area contributed by atoms with E-state index in [0.29, 0.717) is 23.1 Å². The number of nitrogens with one attached hydrogen (secondary N) is 1. The molecule has 0 saturated carbocycles. The van der Waals surface area contributed by atoms with Crippen LogP contribution >= 0.6 is 11.6 Å². The predicted molar refractivity (Wildman–Crippen MR) is 67.5 cm³/mol. The Labute approximate surface area is 107 Å². The minimum absolute atomic E-state index is 0.289. The van der Waals surface area contributed by atoms with Gasteiger partial charge in [0.2, 0.25) is 5.88 Å². The summed E-state index contributed by atoms with van der Waals surface area (Å²) < 4.78 is 5.94. The second kappa shape index (κ2) is 4.83. The first-order valence-corrected chi connectivity index (χ1v) is 6.72. The molecule has 3 atom stereocenters. The zero-order valence-corrected chi connectivity index (χ0v) is 10.5. The van der Waals surface area contributed by atoms with Gasteiger partial charge in [0, 0.05) is 18.2 Å². The maximum absolute atomic E-state index is 5.94. The summed E-state index contributed by atoms with van der Waals surface area (Å²) in [5.74, 6) is 0.655. The lowest BCUT2D eigenvalue weighted by Crippen LogP contribution is -2.51. The first-order valence-electron chi connectivity index (χ1n) is 6.35. The molecular weight excluding hydrogens is 236 g/mol. The largest absolute Gasteiger partial charge is 0.474 e. The zero-order valence-electron chi connectivity index (χ0n) is 9.73. The average Bonchev–Trinajstić information content (AvgIpc) is 2.28. The molecule has 0 spiro atoms. The molecule has 0 unspecified atom stereocenters. The van der Waals surface area contributed by atoms with Crippen molar-refractivity contribution in [2.45, 2.75) is 50.3 Å². The summed E-state index contributed by atoms with van der Waals surface area (Å²) in [6.45, 7) is 0. The molecule has 0 amide bonds. The van der Waals surface area contributed by atoms with Crippen molar-refractivity contribution in [3.05, 3.63) is 23.4 Å². The van der Waals surface area contributed by atoms with Gasteiger partial charge in [0.25, 0.3) is 0 Å². The molecule has 92 valence electrons. The fourth-order valence-corrected chi connectivity index (χ4v) is 3.09. The van der Waals surface area contributed by atoms with Crippen LogP contribution in [0, 0.1) is 0 Å². The Bertz CT molecular complexity index is 387. The van der Waals surface area contributed by atoms with E-state index in [9.17, 15) is 0 Å². The molecular formula is C13H17ClN2O. The summed E-state index contributed by atoms with van der Waals surface area (Å²) in [4.78, 5) is 4.18. The molecule has 2 fully saturated rings. The third-order valence-corrected chi connectivity index (χ3v) is 3.86. The number of pyridine rings is 1.